The summed E-state index contributed by atoms with van der Waals surface area (Å²) in [6.07, 6.45) is 5.12. The summed E-state index contributed by atoms with van der Waals surface area (Å²) in [4.78, 5) is 18.6. The van der Waals surface area contributed by atoms with Crippen LogP contribution in [0.25, 0.3) is 0 Å². The molecule has 0 aromatic carbocycles. The summed E-state index contributed by atoms with van der Waals surface area (Å²) >= 11 is 3.32. The van der Waals surface area contributed by atoms with E-state index >= 15 is 0 Å². The number of aromatic nitrogens is 1. The van der Waals surface area contributed by atoms with Crippen LogP contribution in [0.5, 0.6) is 0 Å². The van der Waals surface area contributed by atoms with Crippen LogP contribution in [-0.4, -0.2) is 40.1 Å². The van der Waals surface area contributed by atoms with Gasteiger partial charge in [-0.05, 0) is 47.7 Å². The van der Waals surface area contributed by atoms with E-state index in [-0.39, 0.29) is 18.6 Å². The monoisotopic (exact) mass is 342 g/mol. The molecular formula is C13H19BrN4O2. The number of aliphatic hydroxyl groups is 1. The molecule has 7 heteroatoms. The third-order valence-electron chi connectivity index (χ3n) is 3.55. The zero-order valence-corrected chi connectivity index (χ0v) is 12.8. The number of hydrogen-bond acceptors (Lipinski definition) is 5. The molecule has 1 atom stereocenters. The van der Waals surface area contributed by atoms with Crippen LogP contribution in [0, 0.1) is 0 Å². The maximum atomic E-state index is 12.7. The van der Waals surface area contributed by atoms with E-state index in [0.717, 1.165) is 30.3 Å². The Hall–Kier alpha value is -1.18. The van der Waals surface area contributed by atoms with Gasteiger partial charge in [-0.1, -0.05) is 0 Å². The predicted molar refractivity (Wildman–Crippen MR) is 80.1 cm³/mol. The first-order chi connectivity index (χ1) is 9.67. The summed E-state index contributed by atoms with van der Waals surface area (Å²) in [5, 5.41) is 8.94. The zero-order valence-electron chi connectivity index (χ0n) is 11.2. The van der Waals surface area contributed by atoms with Gasteiger partial charge in [0, 0.05) is 29.9 Å². The third kappa shape index (κ3) is 3.28. The van der Waals surface area contributed by atoms with Gasteiger partial charge in [-0.15, -0.1) is 0 Å². The van der Waals surface area contributed by atoms with Crippen LogP contribution >= 0.6 is 15.9 Å². The number of amides is 1. The van der Waals surface area contributed by atoms with Gasteiger partial charge in [0.1, 0.15) is 0 Å². The lowest BCUT2D eigenvalue weighted by atomic mass is 10.1. The molecule has 1 fully saturated rings. The van der Waals surface area contributed by atoms with Crippen LogP contribution in [0.2, 0.25) is 0 Å². The summed E-state index contributed by atoms with van der Waals surface area (Å²) in [7, 11) is 0. The summed E-state index contributed by atoms with van der Waals surface area (Å²) in [5.41, 5.74) is 2.94. The van der Waals surface area contributed by atoms with Gasteiger partial charge in [-0.2, -0.15) is 0 Å². The average molecular weight is 343 g/mol. The molecule has 2 rings (SSSR count). The normalized spacial score (nSPS) is 18.4. The summed E-state index contributed by atoms with van der Waals surface area (Å²) in [5.74, 6) is 5.74. The smallest absolute Gasteiger partial charge is 0.257 e. The van der Waals surface area contributed by atoms with Gasteiger partial charge in [0.15, 0.2) is 5.82 Å². The third-order valence-corrected chi connectivity index (χ3v) is 3.99. The fourth-order valence-electron chi connectivity index (χ4n) is 2.60. The summed E-state index contributed by atoms with van der Waals surface area (Å²) < 4.78 is 0.742. The highest BCUT2D eigenvalue weighted by Crippen LogP contribution is 2.26. The van der Waals surface area contributed by atoms with E-state index in [1.54, 1.807) is 12.3 Å². The lowest BCUT2D eigenvalue weighted by Crippen LogP contribution is -2.36. The number of aliphatic hydroxyl groups excluding tert-OH is 1. The molecule has 20 heavy (non-hydrogen) atoms. The maximum absolute atomic E-state index is 12.7. The first-order valence-corrected chi connectivity index (χ1v) is 7.50. The van der Waals surface area contributed by atoms with E-state index < -0.39 is 0 Å². The van der Waals surface area contributed by atoms with Crippen molar-refractivity contribution in [2.75, 3.05) is 18.6 Å². The van der Waals surface area contributed by atoms with Gasteiger partial charge in [-0.25, -0.2) is 10.8 Å². The molecule has 0 spiro atoms. The van der Waals surface area contributed by atoms with Gasteiger partial charge in [0.25, 0.3) is 5.91 Å². The van der Waals surface area contributed by atoms with E-state index in [0.29, 0.717) is 17.8 Å². The highest BCUT2D eigenvalue weighted by Gasteiger charge is 2.30. The number of carbonyl (C=O) groups is 1. The number of likely N-dealkylation sites (tertiary alicyclic amines) is 1. The Kier molecular flexibility index (Phi) is 5.33. The molecular weight excluding hydrogens is 324 g/mol. The van der Waals surface area contributed by atoms with E-state index in [9.17, 15) is 4.79 Å². The SMILES string of the molecule is NNc1ncc(Br)cc1C(=O)N1CCCC1CCCO. The van der Waals surface area contributed by atoms with E-state index in [2.05, 4.69) is 26.3 Å². The molecule has 2 heterocycles. The molecule has 110 valence electrons. The molecule has 1 amide bonds. The van der Waals surface area contributed by atoms with E-state index in [4.69, 9.17) is 10.9 Å². The largest absolute Gasteiger partial charge is 0.396 e. The Labute approximate surface area is 126 Å². The Morgan fingerprint density at radius 1 is 1.65 bits per heavy atom. The van der Waals surface area contributed by atoms with Crippen LogP contribution in [0.1, 0.15) is 36.0 Å². The fraction of sp³-hybridized carbons (Fsp3) is 0.538. The minimum absolute atomic E-state index is 0.0628. The van der Waals surface area contributed by atoms with Crippen LogP contribution < -0.4 is 11.3 Å². The molecule has 1 aromatic rings. The van der Waals surface area contributed by atoms with Crippen LogP contribution in [0.15, 0.2) is 16.7 Å². The summed E-state index contributed by atoms with van der Waals surface area (Å²) in [6, 6.07) is 1.92. The molecule has 1 aromatic heterocycles. The number of nitrogens with one attached hydrogen (secondary N) is 1. The highest BCUT2D eigenvalue weighted by atomic mass is 79.9. The standard InChI is InChI=1S/C13H19BrN4O2/c14-9-7-11(12(17-15)16-8-9)13(20)18-5-1-3-10(18)4-2-6-19/h7-8,10,19H,1-6,15H2,(H,16,17). The summed E-state index contributed by atoms with van der Waals surface area (Å²) in [6.45, 7) is 0.901. The van der Waals surface area contributed by atoms with E-state index in [1.807, 2.05) is 4.90 Å². The predicted octanol–water partition coefficient (Wildman–Crippen LogP) is 1.51. The van der Waals surface area contributed by atoms with Crippen molar-refractivity contribution in [1.82, 2.24) is 9.88 Å². The quantitative estimate of drug-likeness (QED) is 0.557. The van der Waals surface area contributed by atoms with Crippen molar-refractivity contribution >= 4 is 27.7 Å². The molecule has 1 aliphatic heterocycles. The molecule has 0 aliphatic carbocycles. The molecule has 0 bridgehead atoms. The first kappa shape index (κ1) is 15.2. The Bertz CT molecular complexity index is 483. The number of nitrogens with two attached hydrogens (primary N) is 1. The molecule has 4 N–H and O–H groups in total. The highest BCUT2D eigenvalue weighted by molar-refractivity contribution is 9.10. The van der Waals surface area contributed by atoms with Gasteiger partial charge in [-0.3, -0.25) is 4.79 Å². The van der Waals surface area contributed by atoms with Crippen LogP contribution in [-0.2, 0) is 0 Å². The number of rotatable bonds is 5. The van der Waals surface area contributed by atoms with Crippen molar-refractivity contribution in [2.24, 2.45) is 5.84 Å². The second kappa shape index (κ2) is 7.01. The lowest BCUT2D eigenvalue weighted by molar-refractivity contribution is 0.0725. The number of nitrogens with zero attached hydrogens (tertiary/aromatic N) is 2. The molecule has 0 saturated carbocycles. The fourth-order valence-corrected chi connectivity index (χ4v) is 2.93. The first-order valence-electron chi connectivity index (χ1n) is 6.71. The number of anilines is 1. The molecule has 1 unspecified atom stereocenters. The average Bonchev–Trinajstić information content (AvgIpc) is 2.92. The number of halogens is 1. The van der Waals surface area contributed by atoms with Crippen LogP contribution in [0.4, 0.5) is 5.82 Å². The number of carbonyl (C=O) groups excluding carboxylic acids is 1. The second-order valence-corrected chi connectivity index (χ2v) is 5.77. The number of hydrazine groups is 1. The van der Waals surface area contributed by atoms with Gasteiger partial charge >= 0.3 is 0 Å². The van der Waals surface area contributed by atoms with Crippen molar-refractivity contribution < 1.29 is 9.90 Å². The van der Waals surface area contributed by atoms with Crippen molar-refractivity contribution in [3.8, 4) is 0 Å². The van der Waals surface area contributed by atoms with E-state index in [1.165, 1.54) is 0 Å². The van der Waals surface area contributed by atoms with Crippen molar-refractivity contribution in [2.45, 2.75) is 31.7 Å². The number of nitrogen functional groups attached to an aromatic ring is 1. The number of hydrogen-bond donors (Lipinski definition) is 3. The topological polar surface area (TPSA) is 91.5 Å². The van der Waals surface area contributed by atoms with Crippen molar-refractivity contribution in [3.63, 3.8) is 0 Å². The van der Waals surface area contributed by atoms with Crippen molar-refractivity contribution in [3.05, 3.63) is 22.3 Å². The van der Waals surface area contributed by atoms with Crippen molar-refractivity contribution in [1.29, 1.82) is 0 Å². The second-order valence-electron chi connectivity index (χ2n) is 4.85. The van der Waals surface area contributed by atoms with Gasteiger partial charge < -0.3 is 15.4 Å². The minimum atomic E-state index is -0.0628. The van der Waals surface area contributed by atoms with Gasteiger partial charge in [0.05, 0.1) is 5.56 Å². The molecule has 1 aliphatic rings. The van der Waals surface area contributed by atoms with Gasteiger partial charge in [0.2, 0.25) is 0 Å². The maximum Gasteiger partial charge on any atom is 0.257 e. The Morgan fingerprint density at radius 3 is 3.15 bits per heavy atom. The lowest BCUT2D eigenvalue weighted by Gasteiger charge is -2.25. The Balaban J connectivity index is 2.19. The minimum Gasteiger partial charge on any atom is -0.396 e. The Morgan fingerprint density at radius 2 is 2.45 bits per heavy atom. The molecule has 0 radical (unpaired) electrons. The zero-order chi connectivity index (χ0) is 14.5. The number of pyridine rings is 1. The molecule has 1 saturated heterocycles. The van der Waals surface area contributed by atoms with Crippen LogP contribution in [0.3, 0.4) is 0 Å². The molecule has 6 nitrogen and oxygen atoms in total.